The smallest absolute Gasteiger partial charge is 0.434 e. The average Bonchev–Trinajstić information content (AvgIpc) is 3.78. The Balaban J connectivity index is 1.17. The molecule has 0 fully saturated rings. The Kier molecular flexibility index (Phi) is 9.17. The monoisotopic (exact) mass is 674 g/mol. The minimum absolute atomic E-state index is 0.0759. The number of carbonyl (C=O) groups is 1. The van der Waals surface area contributed by atoms with E-state index in [1.165, 1.54) is 6.20 Å². The van der Waals surface area contributed by atoms with Crippen molar-refractivity contribution in [2.45, 2.75) is 44.8 Å². The van der Waals surface area contributed by atoms with Crippen LogP contribution >= 0.6 is 0 Å². The zero-order chi connectivity index (χ0) is 34.7. The maximum atomic E-state index is 14.4. The molecule has 1 aliphatic rings. The normalized spacial score (nSPS) is 12.9. The van der Waals surface area contributed by atoms with Gasteiger partial charge >= 0.3 is 12.1 Å². The Hall–Kier alpha value is -5.77. The number of nitrogens with zero attached hydrogens (tertiary/aromatic N) is 4. The zero-order valence-corrected chi connectivity index (χ0v) is 27.2. The third kappa shape index (κ3) is 6.61. The van der Waals surface area contributed by atoms with E-state index in [1.54, 1.807) is 37.3 Å². The van der Waals surface area contributed by atoms with E-state index in [9.17, 15) is 18.0 Å². The van der Waals surface area contributed by atoms with Crippen LogP contribution in [0.1, 0.15) is 46.9 Å². The number of para-hydroxylation sites is 1. The summed E-state index contributed by atoms with van der Waals surface area (Å²) in [6.07, 6.45) is -1.47. The number of aliphatic imine (C=N–C) groups is 1. The molecule has 0 spiro atoms. The molecule has 0 saturated carbocycles. The largest absolute Gasteiger partial charge is 0.464 e. The standard InChI is InChI=1S/C40H33F3N4O3/c1-2-49-39(48)34(45-35(27-12-6-3-7-13-27)28-14-8-4-9-15-28)23-19-26-18-21-31-29(24-26)20-22-32-36(31)46-50-37(32)33-25-44-47(38(33)40(41,42)43)30-16-10-5-11-17-30/h3-18,21,24-25,34H,2,19-20,22-23H2,1H3. The van der Waals surface area contributed by atoms with Crippen LogP contribution in [0.3, 0.4) is 0 Å². The Labute approximate surface area is 287 Å². The van der Waals surface area contributed by atoms with Crippen molar-refractivity contribution >= 4 is 11.7 Å². The number of aryl methyl sites for hydroxylation is 2. The fraction of sp³-hybridized carbons (Fsp3) is 0.200. The minimum Gasteiger partial charge on any atom is -0.464 e. The van der Waals surface area contributed by atoms with Gasteiger partial charge in [-0.3, -0.25) is 4.99 Å². The lowest BCUT2D eigenvalue weighted by molar-refractivity contribution is -0.145. The van der Waals surface area contributed by atoms with Crippen LogP contribution in [0.15, 0.2) is 125 Å². The van der Waals surface area contributed by atoms with Gasteiger partial charge in [-0.15, -0.1) is 0 Å². The first-order chi connectivity index (χ1) is 24.3. The molecule has 2 heterocycles. The first-order valence-electron chi connectivity index (χ1n) is 16.5. The summed E-state index contributed by atoms with van der Waals surface area (Å²) in [4.78, 5) is 18.2. The second-order valence-electron chi connectivity index (χ2n) is 12.0. The van der Waals surface area contributed by atoms with E-state index in [1.807, 2.05) is 72.8 Å². The Bertz CT molecular complexity index is 2100. The number of alkyl halides is 3. The molecule has 4 aromatic carbocycles. The highest BCUT2D eigenvalue weighted by atomic mass is 19.4. The number of hydrogen-bond acceptors (Lipinski definition) is 6. The van der Waals surface area contributed by atoms with E-state index >= 15 is 0 Å². The molecular formula is C40H33F3N4O3. The number of halogens is 3. The van der Waals surface area contributed by atoms with E-state index in [2.05, 4.69) is 16.3 Å². The van der Waals surface area contributed by atoms with E-state index in [4.69, 9.17) is 14.3 Å². The molecule has 1 atom stereocenters. The molecule has 0 radical (unpaired) electrons. The lowest BCUT2D eigenvalue weighted by Gasteiger charge is -2.18. The lowest BCUT2D eigenvalue weighted by atomic mass is 9.86. The molecule has 0 amide bonds. The van der Waals surface area contributed by atoms with E-state index in [0.29, 0.717) is 48.3 Å². The van der Waals surface area contributed by atoms with Crippen LogP contribution < -0.4 is 0 Å². The summed E-state index contributed by atoms with van der Waals surface area (Å²) >= 11 is 0. The van der Waals surface area contributed by atoms with Gasteiger partial charge in [0.15, 0.2) is 11.5 Å². The van der Waals surface area contributed by atoms with E-state index < -0.39 is 17.9 Å². The molecule has 6 aromatic rings. The van der Waals surface area contributed by atoms with Crippen LogP contribution in [0.5, 0.6) is 0 Å². The summed E-state index contributed by atoms with van der Waals surface area (Å²) < 4.78 is 55.3. The number of esters is 1. The topological polar surface area (TPSA) is 82.5 Å². The molecule has 0 aliphatic heterocycles. The Morgan fingerprint density at radius 2 is 1.56 bits per heavy atom. The average molecular weight is 675 g/mol. The van der Waals surface area contributed by atoms with Crippen LogP contribution in [0.25, 0.3) is 28.3 Å². The Morgan fingerprint density at radius 1 is 0.900 bits per heavy atom. The SMILES string of the molecule is CCOC(=O)C(CCc1ccc2c(c1)CCc1c-2noc1-c1cnn(-c2ccccc2)c1C(F)(F)F)N=C(c1ccccc1)c1ccccc1. The number of hydrogen-bond donors (Lipinski definition) is 0. The second kappa shape index (κ2) is 14.0. The summed E-state index contributed by atoms with van der Waals surface area (Å²) in [7, 11) is 0. The first-order valence-corrected chi connectivity index (χ1v) is 16.5. The molecule has 0 saturated heterocycles. The maximum absolute atomic E-state index is 14.4. The number of carbonyl (C=O) groups excluding carboxylic acids is 1. The van der Waals surface area contributed by atoms with Gasteiger partial charge in [-0.25, -0.2) is 9.48 Å². The molecule has 10 heteroatoms. The number of benzene rings is 4. The van der Waals surface area contributed by atoms with Gasteiger partial charge in [-0.2, -0.15) is 18.3 Å². The molecule has 7 rings (SSSR count). The van der Waals surface area contributed by atoms with Gasteiger partial charge in [0, 0.05) is 22.3 Å². The van der Waals surface area contributed by atoms with Crippen molar-refractivity contribution in [3.63, 3.8) is 0 Å². The lowest BCUT2D eigenvalue weighted by Crippen LogP contribution is -2.24. The van der Waals surface area contributed by atoms with E-state index in [-0.39, 0.29) is 23.9 Å². The molecule has 7 nitrogen and oxygen atoms in total. The third-order valence-corrected chi connectivity index (χ3v) is 8.78. The predicted octanol–water partition coefficient (Wildman–Crippen LogP) is 8.71. The molecule has 50 heavy (non-hydrogen) atoms. The van der Waals surface area contributed by atoms with Crippen molar-refractivity contribution < 1.29 is 27.2 Å². The van der Waals surface area contributed by atoms with Gasteiger partial charge in [0.1, 0.15) is 11.7 Å². The summed E-state index contributed by atoms with van der Waals surface area (Å²) in [5.41, 5.74) is 5.73. The molecule has 1 unspecified atom stereocenters. The minimum atomic E-state index is -4.68. The van der Waals surface area contributed by atoms with Crippen LogP contribution in [0.4, 0.5) is 13.2 Å². The molecule has 0 bridgehead atoms. The van der Waals surface area contributed by atoms with Gasteiger partial charge in [-0.05, 0) is 55.9 Å². The van der Waals surface area contributed by atoms with Crippen LogP contribution in [0.2, 0.25) is 0 Å². The van der Waals surface area contributed by atoms with Crippen molar-refractivity contribution in [3.8, 4) is 28.3 Å². The number of ether oxygens (including phenoxy) is 1. The van der Waals surface area contributed by atoms with Crippen molar-refractivity contribution in [2.24, 2.45) is 4.99 Å². The second-order valence-corrected chi connectivity index (χ2v) is 12.0. The first kappa shape index (κ1) is 32.8. The fourth-order valence-corrected chi connectivity index (χ4v) is 6.46. The van der Waals surface area contributed by atoms with Crippen LogP contribution in [-0.2, 0) is 35.0 Å². The summed E-state index contributed by atoms with van der Waals surface area (Å²) in [5.74, 6) is -0.310. The van der Waals surface area contributed by atoms with Gasteiger partial charge in [0.05, 0.1) is 29.8 Å². The van der Waals surface area contributed by atoms with Crippen LogP contribution in [0, 0.1) is 0 Å². The van der Waals surface area contributed by atoms with Gasteiger partial charge in [0.2, 0.25) is 0 Å². The molecular weight excluding hydrogens is 641 g/mol. The quantitative estimate of drug-likeness (QED) is 0.107. The summed E-state index contributed by atoms with van der Waals surface area (Å²) in [6, 6.07) is 33.0. The highest BCUT2D eigenvalue weighted by Crippen LogP contribution is 2.44. The molecule has 252 valence electrons. The van der Waals surface area contributed by atoms with Crippen molar-refractivity contribution in [1.82, 2.24) is 14.9 Å². The highest BCUT2D eigenvalue weighted by Gasteiger charge is 2.41. The molecule has 2 aromatic heterocycles. The summed E-state index contributed by atoms with van der Waals surface area (Å²) in [5, 5.41) is 8.35. The van der Waals surface area contributed by atoms with Gasteiger partial charge in [-0.1, -0.05) is 102 Å². The fourth-order valence-electron chi connectivity index (χ4n) is 6.46. The van der Waals surface area contributed by atoms with Gasteiger partial charge < -0.3 is 9.26 Å². The third-order valence-electron chi connectivity index (χ3n) is 8.78. The van der Waals surface area contributed by atoms with Gasteiger partial charge in [0.25, 0.3) is 0 Å². The zero-order valence-electron chi connectivity index (χ0n) is 27.2. The van der Waals surface area contributed by atoms with Crippen molar-refractivity contribution in [1.29, 1.82) is 0 Å². The predicted molar refractivity (Wildman–Crippen MR) is 184 cm³/mol. The van der Waals surface area contributed by atoms with Crippen molar-refractivity contribution in [3.05, 3.63) is 149 Å². The molecule has 0 N–H and O–H groups in total. The number of rotatable bonds is 10. The highest BCUT2D eigenvalue weighted by molar-refractivity contribution is 6.13. The number of fused-ring (bicyclic) bond motifs is 3. The maximum Gasteiger partial charge on any atom is 0.434 e. The Morgan fingerprint density at radius 3 is 2.20 bits per heavy atom. The number of aromatic nitrogens is 3. The van der Waals surface area contributed by atoms with Crippen molar-refractivity contribution in [2.75, 3.05) is 6.61 Å². The molecule has 1 aliphatic carbocycles. The summed E-state index contributed by atoms with van der Waals surface area (Å²) in [6.45, 7) is 2.02. The van der Waals surface area contributed by atoms with E-state index in [0.717, 1.165) is 32.5 Å². The van der Waals surface area contributed by atoms with Crippen LogP contribution in [-0.4, -0.2) is 39.3 Å².